The third-order valence-corrected chi connectivity index (χ3v) is 4.02. The summed E-state index contributed by atoms with van der Waals surface area (Å²) in [5, 5.41) is 0. The highest BCUT2D eigenvalue weighted by molar-refractivity contribution is 5.98. The molecule has 1 fully saturated rings. The van der Waals surface area contributed by atoms with Crippen LogP contribution in [0, 0.1) is 11.3 Å². The van der Waals surface area contributed by atoms with Gasteiger partial charge in [-0.15, -0.1) is 0 Å². The van der Waals surface area contributed by atoms with Crippen molar-refractivity contribution in [3.63, 3.8) is 0 Å². The quantitative estimate of drug-likeness (QED) is 0.672. The number of carbonyl (C=O) groups is 1. The molecule has 0 N–H and O–H groups in total. The molecule has 3 rings (SSSR count). The Kier molecular flexibility index (Phi) is 1.79. The van der Waals surface area contributed by atoms with Crippen molar-refractivity contribution in [2.24, 2.45) is 11.3 Å². The van der Waals surface area contributed by atoms with E-state index in [-0.39, 0.29) is 17.3 Å². The molecule has 16 heavy (non-hydrogen) atoms. The summed E-state index contributed by atoms with van der Waals surface area (Å²) in [6.07, 6.45) is 0. The van der Waals surface area contributed by atoms with Crippen molar-refractivity contribution in [3.8, 4) is 0 Å². The van der Waals surface area contributed by atoms with Gasteiger partial charge in [-0.3, -0.25) is 4.79 Å². The second-order valence-corrected chi connectivity index (χ2v) is 4.86. The summed E-state index contributed by atoms with van der Waals surface area (Å²) in [6, 6.07) is 10.1. The van der Waals surface area contributed by atoms with Gasteiger partial charge in [0.05, 0.1) is 5.92 Å². The van der Waals surface area contributed by atoms with E-state index in [9.17, 15) is 4.79 Å². The number of esters is 1. The molecule has 0 bridgehead atoms. The van der Waals surface area contributed by atoms with Crippen molar-refractivity contribution in [1.82, 2.24) is 0 Å². The maximum absolute atomic E-state index is 11.7. The second-order valence-electron chi connectivity index (χ2n) is 4.86. The van der Waals surface area contributed by atoms with Gasteiger partial charge in [0, 0.05) is 5.41 Å². The van der Waals surface area contributed by atoms with E-state index in [1.807, 2.05) is 18.2 Å². The fourth-order valence-electron chi connectivity index (χ4n) is 2.86. The molecular formula is C14H14O2. The Balaban J connectivity index is 2.11. The molecule has 82 valence electrons. The largest absolute Gasteiger partial charge is 0.464 e. The number of benzene rings is 1. The molecule has 1 heterocycles. The minimum atomic E-state index is -0.0630. The van der Waals surface area contributed by atoms with E-state index in [0.717, 1.165) is 5.56 Å². The zero-order valence-corrected chi connectivity index (χ0v) is 9.49. The molecule has 0 spiro atoms. The molecule has 2 atom stereocenters. The maximum Gasteiger partial charge on any atom is 0.314 e. The maximum atomic E-state index is 11.7. The Hall–Kier alpha value is -1.57. The number of hydrogen-bond acceptors (Lipinski definition) is 2. The van der Waals surface area contributed by atoms with Crippen molar-refractivity contribution in [2.45, 2.75) is 13.8 Å². The third kappa shape index (κ3) is 0.993. The number of cyclic esters (lactones) is 1. The van der Waals surface area contributed by atoms with Crippen LogP contribution in [-0.2, 0) is 9.53 Å². The minimum absolute atomic E-state index is 0.0464. The first kappa shape index (κ1) is 9.64. The molecule has 1 aliphatic heterocycles. The van der Waals surface area contributed by atoms with Gasteiger partial charge >= 0.3 is 5.97 Å². The summed E-state index contributed by atoms with van der Waals surface area (Å²) in [4.78, 5) is 11.7. The van der Waals surface area contributed by atoms with Crippen LogP contribution in [0.25, 0.3) is 5.57 Å². The zero-order chi connectivity index (χ0) is 11.3. The van der Waals surface area contributed by atoms with Crippen molar-refractivity contribution in [2.75, 3.05) is 6.61 Å². The molecule has 2 heteroatoms. The van der Waals surface area contributed by atoms with Crippen LogP contribution in [0.4, 0.5) is 0 Å². The van der Waals surface area contributed by atoms with Gasteiger partial charge in [-0.05, 0) is 18.1 Å². The zero-order valence-electron chi connectivity index (χ0n) is 9.49. The van der Waals surface area contributed by atoms with E-state index in [4.69, 9.17) is 4.74 Å². The SMILES string of the molecule is CC1=C(c2ccccc2)C2C(=O)OCC12C. The molecule has 1 aromatic carbocycles. The van der Waals surface area contributed by atoms with E-state index >= 15 is 0 Å². The lowest BCUT2D eigenvalue weighted by molar-refractivity contribution is -0.139. The summed E-state index contributed by atoms with van der Waals surface area (Å²) in [5.41, 5.74) is 3.57. The summed E-state index contributed by atoms with van der Waals surface area (Å²) in [5.74, 6) is -0.109. The molecule has 2 nitrogen and oxygen atoms in total. The fraction of sp³-hybridized carbons (Fsp3) is 0.357. The molecule has 0 aromatic heterocycles. The summed E-state index contributed by atoms with van der Waals surface area (Å²) < 4.78 is 5.18. The summed E-state index contributed by atoms with van der Waals surface area (Å²) in [7, 11) is 0. The molecule has 1 aliphatic carbocycles. The first-order valence-electron chi connectivity index (χ1n) is 5.58. The molecule has 1 aromatic rings. The van der Waals surface area contributed by atoms with Crippen LogP contribution >= 0.6 is 0 Å². The lowest BCUT2D eigenvalue weighted by atomic mass is 9.57. The van der Waals surface area contributed by atoms with Crippen molar-refractivity contribution < 1.29 is 9.53 Å². The predicted molar refractivity (Wildman–Crippen MR) is 61.6 cm³/mol. The highest BCUT2D eigenvalue weighted by atomic mass is 16.5. The average molecular weight is 214 g/mol. The van der Waals surface area contributed by atoms with Crippen LogP contribution in [0.5, 0.6) is 0 Å². The summed E-state index contributed by atoms with van der Waals surface area (Å²) in [6.45, 7) is 4.77. The van der Waals surface area contributed by atoms with Gasteiger partial charge in [-0.1, -0.05) is 42.8 Å². The van der Waals surface area contributed by atoms with Gasteiger partial charge in [-0.2, -0.15) is 0 Å². The third-order valence-electron chi connectivity index (χ3n) is 4.02. The molecule has 2 unspecified atom stereocenters. The van der Waals surface area contributed by atoms with E-state index < -0.39 is 0 Å². The first-order chi connectivity index (χ1) is 7.64. The van der Waals surface area contributed by atoms with E-state index in [1.54, 1.807) is 0 Å². The summed E-state index contributed by atoms with van der Waals surface area (Å²) >= 11 is 0. The predicted octanol–water partition coefficient (Wildman–Crippen LogP) is 2.65. The second kappa shape index (κ2) is 2.97. The van der Waals surface area contributed by atoms with Gasteiger partial charge in [-0.25, -0.2) is 0 Å². The normalized spacial score (nSPS) is 32.1. The molecule has 0 amide bonds. The van der Waals surface area contributed by atoms with Crippen molar-refractivity contribution in [1.29, 1.82) is 0 Å². The Morgan fingerprint density at radius 1 is 1.31 bits per heavy atom. The van der Waals surface area contributed by atoms with E-state index in [1.165, 1.54) is 11.1 Å². The van der Waals surface area contributed by atoms with E-state index in [0.29, 0.717) is 6.61 Å². The lowest BCUT2D eigenvalue weighted by Crippen LogP contribution is -2.39. The molecule has 0 saturated carbocycles. The number of ether oxygens (including phenoxy) is 1. The van der Waals surface area contributed by atoms with Gasteiger partial charge in [0.2, 0.25) is 0 Å². The van der Waals surface area contributed by atoms with Gasteiger partial charge in [0.1, 0.15) is 6.61 Å². The minimum Gasteiger partial charge on any atom is -0.464 e. The van der Waals surface area contributed by atoms with Crippen molar-refractivity contribution >= 4 is 11.5 Å². The van der Waals surface area contributed by atoms with Gasteiger partial charge in [0.25, 0.3) is 0 Å². The van der Waals surface area contributed by atoms with Crippen LogP contribution in [0.2, 0.25) is 0 Å². The number of fused-ring (bicyclic) bond motifs is 1. The highest BCUT2D eigenvalue weighted by Crippen LogP contribution is 2.58. The lowest BCUT2D eigenvalue weighted by Gasteiger charge is -2.42. The van der Waals surface area contributed by atoms with Crippen LogP contribution in [0.1, 0.15) is 19.4 Å². The monoisotopic (exact) mass is 214 g/mol. The average Bonchev–Trinajstić information content (AvgIpc) is 2.56. The topological polar surface area (TPSA) is 26.3 Å². The van der Waals surface area contributed by atoms with Crippen LogP contribution < -0.4 is 0 Å². The Labute approximate surface area is 94.9 Å². The smallest absolute Gasteiger partial charge is 0.314 e. The van der Waals surface area contributed by atoms with Gasteiger partial charge in [0.15, 0.2) is 0 Å². The van der Waals surface area contributed by atoms with Crippen LogP contribution in [0.3, 0.4) is 0 Å². The molecule has 1 saturated heterocycles. The Bertz CT molecular complexity index is 487. The Morgan fingerprint density at radius 3 is 2.69 bits per heavy atom. The standard InChI is InChI=1S/C14H14O2/c1-9-11(10-6-4-3-5-7-10)12-13(15)16-8-14(9,12)2/h3-7,12H,8H2,1-2H3. The molecule has 0 radical (unpaired) electrons. The number of rotatable bonds is 1. The van der Waals surface area contributed by atoms with E-state index in [2.05, 4.69) is 26.0 Å². The number of hydrogen-bond donors (Lipinski definition) is 0. The molecular weight excluding hydrogens is 200 g/mol. The van der Waals surface area contributed by atoms with Crippen molar-refractivity contribution in [3.05, 3.63) is 41.5 Å². The fourth-order valence-corrected chi connectivity index (χ4v) is 2.86. The molecule has 2 aliphatic rings. The first-order valence-corrected chi connectivity index (χ1v) is 5.58. The van der Waals surface area contributed by atoms with Gasteiger partial charge < -0.3 is 4.74 Å². The Morgan fingerprint density at radius 2 is 2.00 bits per heavy atom. The van der Waals surface area contributed by atoms with Crippen LogP contribution in [-0.4, -0.2) is 12.6 Å². The van der Waals surface area contributed by atoms with Crippen LogP contribution in [0.15, 0.2) is 35.9 Å². The highest BCUT2D eigenvalue weighted by Gasteiger charge is 2.58. The number of carbonyl (C=O) groups excluding carboxylic acids is 1.